The first-order valence-electron chi connectivity index (χ1n) is 24.4. The Morgan fingerprint density at radius 1 is 0.582 bits per heavy atom. The van der Waals surface area contributed by atoms with Gasteiger partial charge in [-0.05, 0) is 152 Å². The number of carboxylic acid groups (broad SMARTS) is 1. The molecule has 2 aromatic heterocycles. The topological polar surface area (TPSA) is 217 Å². The summed E-state index contributed by atoms with van der Waals surface area (Å²) in [6.45, 7) is 11.4. The number of nitrogens with one attached hydrogen (secondary N) is 2. The molecule has 2 amide bonds. The Hall–Kier alpha value is -5.24. The van der Waals surface area contributed by atoms with Crippen LogP contribution in [0, 0.1) is 27.7 Å². The number of aliphatic carboxylic acids is 1. The molecule has 0 bridgehead atoms. The van der Waals surface area contributed by atoms with Crippen LogP contribution in [0.4, 0.5) is 21.0 Å². The van der Waals surface area contributed by atoms with E-state index in [1.54, 1.807) is 26.0 Å². The number of amides is 2. The molecule has 2 aliphatic rings. The third-order valence-electron chi connectivity index (χ3n) is 14.0. The molecule has 0 aliphatic heterocycles. The summed E-state index contributed by atoms with van der Waals surface area (Å²) in [5, 5.41) is 16.4. The van der Waals surface area contributed by atoms with Crippen molar-refractivity contribution >= 4 is 82.1 Å². The van der Waals surface area contributed by atoms with Crippen molar-refractivity contribution in [2.24, 2.45) is 0 Å². The number of carboxylic acids is 1. The summed E-state index contributed by atoms with van der Waals surface area (Å²) in [4.78, 5) is 50.2. The number of hydrogen-bond acceptors (Lipinski definition) is 12. The van der Waals surface area contributed by atoms with E-state index in [-0.39, 0.29) is 70.1 Å². The maximum atomic E-state index is 12.8. The Kier molecular flexibility index (Phi) is 22.5. The molecule has 2 aliphatic carbocycles. The monoisotopic (exact) mass is 1160 g/mol. The third kappa shape index (κ3) is 14.3. The average Bonchev–Trinajstić information content (AvgIpc) is 4.33. The summed E-state index contributed by atoms with van der Waals surface area (Å²) >= 11 is 15.1. The van der Waals surface area contributed by atoms with E-state index in [0.717, 1.165) is 95.1 Å². The van der Waals surface area contributed by atoms with Crippen LogP contribution in [0.15, 0.2) is 133 Å². The van der Waals surface area contributed by atoms with Gasteiger partial charge in [0.2, 0.25) is 0 Å². The number of anilines is 2. The second-order valence-electron chi connectivity index (χ2n) is 19.1. The van der Waals surface area contributed by atoms with Crippen molar-refractivity contribution in [2.45, 2.75) is 90.3 Å². The van der Waals surface area contributed by atoms with Crippen LogP contribution >= 0.6 is 46.3 Å². The molecule has 2 fully saturated rings. The standard InChI is InChI=1S/C30H27ClN2O4S.C30H26ClN2O3S.2Na.2H2O/c1-17-16-21(10-13-23(17)20-8-11-22(12-9-20)30(14-15-30)28(34)35)27-26(18(2)33-38-27)32-29(36)37-19(3)24-6-4-5-7-25(24)31;1-18-16-22(10-13-24(18)21-8-11-23(12-9-21)30(17-34)14-15-30)28-27(19(2)33-37-28)32-29(35)36-20(3)25-6-4-5-7-26(25)31;;;;/h4-13,16,19H,14-15H2,1-3H3,(H,32,36)(H,34,35);4-13,16,20H,14-15H2,1-3H3,(H,32,35);;;2*1H2/q;-1;2*+1;;/p-2/t19-;20-;;;;/m11..../s1. The molecule has 5 N–H and O–H groups in total. The number of carbonyl (C=O) groups is 3. The number of benzene rings is 6. The van der Waals surface area contributed by atoms with Crippen molar-refractivity contribution in [3.63, 3.8) is 0 Å². The van der Waals surface area contributed by atoms with Crippen LogP contribution in [0.1, 0.15) is 96.5 Å². The van der Waals surface area contributed by atoms with Gasteiger partial charge in [-0.1, -0.05) is 151 Å². The Balaban J connectivity index is 0.000000277. The van der Waals surface area contributed by atoms with E-state index in [0.29, 0.717) is 40.0 Å². The van der Waals surface area contributed by atoms with Gasteiger partial charge in [0, 0.05) is 21.2 Å². The van der Waals surface area contributed by atoms with Crippen molar-refractivity contribution in [3.8, 4) is 43.1 Å². The van der Waals surface area contributed by atoms with Crippen LogP contribution in [0.3, 0.4) is 0 Å². The molecule has 0 unspecified atom stereocenters. The van der Waals surface area contributed by atoms with Crippen molar-refractivity contribution in [3.05, 3.63) is 188 Å². The molecule has 10 rings (SSSR count). The minimum atomic E-state index is -0.753. The first-order valence-corrected chi connectivity index (χ1v) is 26.7. The molecule has 2 saturated carbocycles. The number of aromatic nitrogens is 2. The SMILES string of the molecule is Cc1cc(-c2snc(C)c2NC(=O)O[C@H](C)c2ccccc2Cl)ccc1-c1ccc(C2(C(=O)O)CC2)cc1.Cc1cc(-c2snc(C)c2NC(=O)O[C@H](C)c2ccccc2Cl)ccc1-c1ccc(C2([C-]=O)CC2)cc1.[Na+].[Na+].[OH-].[OH-]. The van der Waals surface area contributed by atoms with Crippen LogP contribution in [0.5, 0.6) is 0 Å². The molecule has 13 nitrogen and oxygen atoms in total. The van der Waals surface area contributed by atoms with Gasteiger partial charge in [-0.2, -0.15) is 8.75 Å². The maximum absolute atomic E-state index is 12.8. The molecule has 2 atom stereocenters. The zero-order valence-electron chi connectivity index (χ0n) is 44.9. The first kappa shape index (κ1) is 64.6. The molecule has 8 aromatic rings. The first-order chi connectivity index (χ1) is 36.0. The van der Waals surface area contributed by atoms with Gasteiger partial charge in [-0.3, -0.25) is 21.7 Å². The smallest absolute Gasteiger partial charge is 0.870 e. The van der Waals surface area contributed by atoms with Crippen LogP contribution in [0.25, 0.3) is 43.1 Å². The molecule has 79 heavy (non-hydrogen) atoms. The predicted octanol–water partition coefficient (Wildman–Crippen LogP) is 10.0. The van der Waals surface area contributed by atoms with Gasteiger partial charge in [-0.15, -0.1) is 5.41 Å². The Morgan fingerprint density at radius 3 is 1.30 bits per heavy atom. The summed E-state index contributed by atoms with van der Waals surface area (Å²) in [7, 11) is 0. The van der Waals surface area contributed by atoms with Crippen LogP contribution in [-0.4, -0.2) is 49.2 Å². The number of aryl methyl sites for hydroxylation is 4. The predicted molar refractivity (Wildman–Crippen MR) is 304 cm³/mol. The van der Waals surface area contributed by atoms with E-state index in [1.165, 1.54) is 23.1 Å². The van der Waals surface area contributed by atoms with Gasteiger partial charge in [0.15, 0.2) is 0 Å². The van der Waals surface area contributed by atoms with E-state index in [4.69, 9.17) is 32.7 Å². The largest absolute Gasteiger partial charge is 1.00 e. The van der Waals surface area contributed by atoms with Crippen LogP contribution in [-0.2, 0) is 29.9 Å². The van der Waals surface area contributed by atoms with Crippen molar-refractivity contribution in [1.82, 2.24) is 8.75 Å². The average molecular weight is 1160 g/mol. The number of rotatable bonds is 14. The van der Waals surface area contributed by atoms with Gasteiger partial charge >= 0.3 is 77.3 Å². The van der Waals surface area contributed by atoms with E-state index < -0.39 is 41.2 Å². The summed E-state index contributed by atoms with van der Waals surface area (Å²) in [6, 6.07) is 42.9. The molecule has 398 valence electrons. The minimum absolute atomic E-state index is 0. The number of hydrogen-bond donors (Lipinski definition) is 3. The molecule has 6 aromatic carbocycles. The molecule has 0 saturated heterocycles. The van der Waals surface area contributed by atoms with Crippen LogP contribution in [0.2, 0.25) is 10.0 Å². The number of halogens is 2. The fourth-order valence-corrected chi connectivity index (χ4v) is 11.5. The molecule has 0 radical (unpaired) electrons. The fraction of sp³-hybridized carbons (Fsp3) is 0.233. The number of carbonyl (C=O) groups excluding carboxylic acids is 3. The number of nitrogens with zero attached hydrogens (tertiary/aromatic N) is 2. The molecule has 0 spiro atoms. The van der Waals surface area contributed by atoms with Gasteiger partial charge in [-0.25, -0.2) is 9.59 Å². The minimum Gasteiger partial charge on any atom is -0.870 e. The summed E-state index contributed by atoms with van der Waals surface area (Å²) < 4.78 is 20.1. The van der Waals surface area contributed by atoms with E-state index in [2.05, 4.69) is 62.9 Å². The zero-order valence-corrected chi connectivity index (χ0v) is 52.1. The number of ether oxygens (including phenoxy) is 2. The van der Waals surface area contributed by atoms with E-state index in [9.17, 15) is 24.3 Å². The van der Waals surface area contributed by atoms with Gasteiger partial charge < -0.3 is 30.3 Å². The second kappa shape index (κ2) is 27.5. The summed E-state index contributed by atoms with van der Waals surface area (Å²) in [5.74, 6) is -0.753. The molecule has 19 heteroatoms. The van der Waals surface area contributed by atoms with Gasteiger partial charge in [0.25, 0.3) is 0 Å². The molecule has 2 heterocycles. The molecular formula is C60H55Cl2N4Na2O9S2-. The quantitative estimate of drug-likeness (QED) is 0.0688. The summed E-state index contributed by atoms with van der Waals surface area (Å²) in [6.07, 6.45) is 3.17. The van der Waals surface area contributed by atoms with Crippen molar-refractivity contribution in [1.29, 1.82) is 0 Å². The molecular weight excluding hydrogens is 1100 g/mol. The van der Waals surface area contributed by atoms with Gasteiger partial charge in [0.1, 0.15) is 12.2 Å². The maximum Gasteiger partial charge on any atom is 1.00 e. The van der Waals surface area contributed by atoms with Crippen LogP contribution < -0.4 is 69.7 Å². The third-order valence-corrected chi connectivity index (χ3v) is 16.7. The van der Waals surface area contributed by atoms with Gasteiger partial charge in [0.05, 0.1) is 37.9 Å². The Labute approximate surface area is 522 Å². The Morgan fingerprint density at radius 2 is 0.962 bits per heavy atom. The van der Waals surface area contributed by atoms with E-state index in [1.807, 2.05) is 112 Å². The van der Waals surface area contributed by atoms with E-state index >= 15 is 0 Å². The zero-order chi connectivity index (χ0) is 53.2. The summed E-state index contributed by atoms with van der Waals surface area (Å²) in [5.41, 5.74) is 13.3. The van der Waals surface area contributed by atoms with Crippen molar-refractivity contribution < 1.29 is 104 Å². The normalized spacial score (nSPS) is 13.8. The second-order valence-corrected chi connectivity index (χ2v) is 21.5. The van der Waals surface area contributed by atoms with Crippen molar-refractivity contribution in [2.75, 3.05) is 10.6 Å². The fourth-order valence-electron chi connectivity index (χ4n) is 9.27. The Bertz CT molecular complexity index is 3480.